The summed E-state index contributed by atoms with van der Waals surface area (Å²) >= 11 is 0. The van der Waals surface area contributed by atoms with E-state index in [4.69, 9.17) is 10.8 Å². The Bertz CT molecular complexity index is 604. The first kappa shape index (κ1) is 12.9. The summed E-state index contributed by atoms with van der Waals surface area (Å²) in [6.45, 7) is 4.05. The van der Waals surface area contributed by atoms with Crippen LogP contribution in [0.15, 0.2) is 30.5 Å². The Labute approximate surface area is 110 Å². The molecule has 19 heavy (non-hydrogen) atoms. The lowest BCUT2D eigenvalue weighted by molar-refractivity contribution is 0.0698. The molecule has 4 N–H and O–H groups in total. The maximum Gasteiger partial charge on any atom is 0.337 e. The average Bonchev–Trinajstić information content (AvgIpc) is 2.80. The van der Waals surface area contributed by atoms with Gasteiger partial charge in [0.1, 0.15) is 0 Å². The normalized spacial score (nSPS) is 10.7. The van der Waals surface area contributed by atoms with Gasteiger partial charge in [0.05, 0.1) is 16.9 Å². The molecular formula is C13H16N4O2. The van der Waals surface area contributed by atoms with E-state index in [0.29, 0.717) is 11.5 Å². The average molecular weight is 260 g/mol. The molecule has 0 aliphatic rings. The number of para-hydroxylation sites is 1. The molecule has 0 saturated heterocycles. The van der Waals surface area contributed by atoms with Gasteiger partial charge in [0.15, 0.2) is 5.82 Å². The van der Waals surface area contributed by atoms with E-state index in [2.05, 4.69) is 10.4 Å². The number of nitrogens with two attached hydrogens (primary N) is 1. The summed E-state index contributed by atoms with van der Waals surface area (Å²) in [5, 5.41) is 16.4. The third-order valence-electron chi connectivity index (χ3n) is 2.74. The second-order valence-corrected chi connectivity index (χ2v) is 4.47. The fourth-order valence-corrected chi connectivity index (χ4v) is 1.69. The second kappa shape index (κ2) is 5.01. The van der Waals surface area contributed by atoms with Crippen molar-refractivity contribution in [3.05, 3.63) is 36.0 Å². The van der Waals surface area contributed by atoms with E-state index in [1.54, 1.807) is 16.8 Å². The number of benzene rings is 1. The molecule has 1 aromatic carbocycles. The van der Waals surface area contributed by atoms with Gasteiger partial charge in [-0.15, -0.1) is 0 Å². The second-order valence-electron chi connectivity index (χ2n) is 4.47. The maximum absolute atomic E-state index is 11.0. The van der Waals surface area contributed by atoms with Crippen molar-refractivity contribution in [2.24, 2.45) is 0 Å². The summed E-state index contributed by atoms with van der Waals surface area (Å²) in [6.07, 6.45) is 1.85. The number of carboxylic acid groups (broad SMARTS) is 1. The molecule has 100 valence electrons. The summed E-state index contributed by atoms with van der Waals surface area (Å²) in [7, 11) is 0. The van der Waals surface area contributed by atoms with Gasteiger partial charge in [-0.3, -0.25) is 4.68 Å². The number of aromatic carboxylic acids is 1. The van der Waals surface area contributed by atoms with Gasteiger partial charge < -0.3 is 16.2 Å². The summed E-state index contributed by atoms with van der Waals surface area (Å²) in [5.41, 5.74) is 6.64. The van der Waals surface area contributed by atoms with Crippen molar-refractivity contribution in [3.8, 4) is 0 Å². The highest BCUT2D eigenvalue weighted by Crippen LogP contribution is 2.25. The Morgan fingerprint density at radius 2 is 2.16 bits per heavy atom. The van der Waals surface area contributed by atoms with Crippen LogP contribution in [0.1, 0.15) is 30.2 Å². The Balaban J connectivity index is 2.28. The number of rotatable bonds is 4. The van der Waals surface area contributed by atoms with E-state index >= 15 is 0 Å². The zero-order valence-electron chi connectivity index (χ0n) is 10.8. The smallest absolute Gasteiger partial charge is 0.337 e. The molecule has 0 amide bonds. The number of hydrogen-bond acceptors (Lipinski definition) is 4. The number of aromatic nitrogens is 2. The molecule has 0 aliphatic heterocycles. The van der Waals surface area contributed by atoms with Crippen molar-refractivity contribution in [3.63, 3.8) is 0 Å². The Hall–Kier alpha value is -2.50. The molecule has 2 aromatic rings. The quantitative estimate of drug-likeness (QED) is 0.734. The highest BCUT2D eigenvalue weighted by Gasteiger charge is 2.11. The highest BCUT2D eigenvalue weighted by molar-refractivity contribution is 5.97. The number of hydrogen-bond donors (Lipinski definition) is 3. The number of nitrogen functional groups attached to an aromatic ring is 1. The fourth-order valence-electron chi connectivity index (χ4n) is 1.69. The Morgan fingerprint density at radius 3 is 2.74 bits per heavy atom. The lowest BCUT2D eigenvalue weighted by Crippen LogP contribution is -2.06. The number of anilines is 3. The minimum absolute atomic E-state index is 0.0771. The molecule has 0 unspecified atom stereocenters. The topological polar surface area (TPSA) is 93.2 Å². The van der Waals surface area contributed by atoms with Crippen LogP contribution in [0.3, 0.4) is 0 Å². The molecule has 6 nitrogen and oxygen atoms in total. The predicted octanol–water partition coefficient (Wildman–Crippen LogP) is 2.49. The van der Waals surface area contributed by atoms with Crippen molar-refractivity contribution in [1.29, 1.82) is 0 Å². The first-order valence-corrected chi connectivity index (χ1v) is 5.93. The number of carbonyl (C=O) groups is 1. The van der Waals surface area contributed by atoms with Gasteiger partial charge in [0, 0.05) is 18.3 Å². The number of carboxylic acids is 1. The van der Waals surface area contributed by atoms with Crippen molar-refractivity contribution in [1.82, 2.24) is 9.78 Å². The predicted molar refractivity (Wildman–Crippen MR) is 73.7 cm³/mol. The van der Waals surface area contributed by atoms with E-state index in [1.807, 2.05) is 26.1 Å². The van der Waals surface area contributed by atoms with E-state index in [9.17, 15) is 4.79 Å². The summed E-state index contributed by atoms with van der Waals surface area (Å²) in [4.78, 5) is 11.0. The van der Waals surface area contributed by atoms with E-state index < -0.39 is 5.97 Å². The van der Waals surface area contributed by atoms with E-state index in [-0.39, 0.29) is 17.3 Å². The lowest BCUT2D eigenvalue weighted by Gasteiger charge is -2.09. The van der Waals surface area contributed by atoms with Crippen molar-refractivity contribution >= 4 is 23.2 Å². The molecule has 0 radical (unpaired) electrons. The summed E-state index contributed by atoms with van der Waals surface area (Å²) in [5.74, 6) is -0.420. The first-order valence-electron chi connectivity index (χ1n) is 5.93. The largest absolute Gasteiger partial charge is 0.478 e. The Morgan fingerprint density at radius 1 is 1.42 bits per heavy atom. The lowest BCUT2D eigenvalue weighted by atomic mass is 10.1. The standard InChI is InChI=1S/C13H16N4O2/c1-8(2)17-7-6-11(16-17)15-10-5-3-4-9(12(10)14)13(18)19/h3-8H,14H2,1-2H3,(H,15,16)(H,18,19). The molecule has 2 rings (SSSR count). The first-order chi connectivity index (χ1) is 8.99. The third-order valence-corrected chi connectivity index (χ3v) is 2.74. The van der Waals surface area contributed by atoms with Gasteiger partial charge in [-0.2, -0.15) is 5.10 Å². The number of nitrogens with one attached hydrogen (secondary N) is 1. The molecule has 1 heterocycles. The molecule has 1 aromatic heterocycles. The van der Waals surface area contributed by atoms with Gasteiger partial charge in [0.25, 0.3) is 0 Å². The molecule has 0 atom stereocenters. The molecule has 0 saturated carbocycles. The van der Waals surface area contributed by atoms with Crippen LogP contribution in [-0.4, -0.2) is 20.9 Å². The molecule has 0 bridgehead atoms. The van der Waals surface area contributed by atoms with Crippen LogP contribution < -0.4 is 11.1 Å². The summed E-state index contributed by atoms with van der Waals surface area (Å²) < 4.78 is 1.81. The third kappa shape index (κ3) is 2.67. The van der Waals surface area contributed by atoms with Gasteiger partial charge in [-0.05, 0) is 26.0 Å². The molecule has 0 aliphatic carbocycles. The molecule has 6 heteroatoms. The highest BCUT2D eigenvalue weighted by atomic mass is 16.4. The van der Waals surface area contributed by atoms with E-state index in [0.717, 1.165) is 0 Å². The van der Waals surface area contributed by atoms with E-state index in [1.165, 1.54) is 6.07 Å². The SMILES string of the molecule is CC(C)n1ccc(Nc2cccc(C(=O)O)c2N)n1. The van der Waals surface area contributed by atoms with Gasteiger partial charge in [0.2, 0.25) is 0 Å². The monoisotopic (exact) mass is 260 g/mol. The van der Waals surface area contributed by atoms with Crippen LogP contribution in [-0.2, 0) is 0 Å². The van der Waals surface area contributed by atoms with Crippen LogP contribution in [0.25, 0.3) is 0 Å². The van der Waals surface area contributed by atoms with Crippen molar-refractivity contribution < 1.29 is 9.90 Å². The van der Waals surface area contributed by atoms with Crippen LogP contribution in [0.2, 0.25) is 0 Å². The zero-order chi connectivity index (χ0) is 14.0. The minimum atomic E-state index is -1.05. The van der Waals surface area contributed by atoms with Gasteiger partial charge >= 0.3 is 5.97 Å². The molecule has 0 spiro atoms. The number of nitrogens with zero attached hydrogens (tertiary/aromatic N) is 2. The van der Waals surface area contributed by atoms with Crippen LogP contribution in [0, 0.1) is 0 Å². The molecule has 0 fully saturated rings. The van der Waals surface area contributed by atoms with Crippen LogP contribution in [0.5, 0.6) is 0 Å². The van der Waals surface area contributed by atoms with Crippen LogP contribution in [0.4, 0.5) is 17.2 Å². The van der Waals surface area contributed by atoms with Crippen molar-refractivity contribution in [2.45, 2.75) is 19.9 Å². The fraction of sp³-hybridized carbons (Fsp3) is 0.231. The summed E-state index contributed by atoms with van der Waals surface area (Å²) in [6, 6.07) is 6.90. The minimum Gasteiger partial charge on any atom is -0.478 e. The van der Waals surface area contributed by atoms with Crippen molar-refractivity contribution in [2.75, 3.05) is 11.1 Å². The molecular weight excluding hydrogens is 244 g/mol. The zero-order valence-corrected chi connectivity index (χ0v) is 10.8. The van der Waals surface area contributed by atoms with Gasteiger partial charge in [-0.25, -0.2) is 4.79 Å². The Kier molecular flexibility index (Phi) is 3.41. The van der Waals surface area contributed by atoms with Crippen LogP contribution >= 0.6 is 0 Å². The van der Waals surface area contributed by atoms with Gasteiger partial charge in [-0.1, -0.05) is 6.07 Å². The maximum atomic E-state index is 11.0.